The predicted molar refractivity (Wildman–Crippen MR) is 103 cm³/mol. The van der Waals surface area contributed by atoms with Gasteiger partial charge in [0.1, 0.15) is 17.2 Å². The van der Waals surface area contributed by atoms with Gasteiger partial charge in [-0.15, -0.1) is 0 Å². The Bertz CT molecular complexity index is 1350. The molecule has 2 aromatic carbocycles. The Hall–Kier alpha value is -4.22. The van der Waals surface area contributed by atoms with Gasteiger partial charge < -0.3 is 10.6 Å². The van der Waals surface area contributed by atoms with Crippen LogP contribution in [0.5, 0.6) is 0 Å². The van der Waals surface area contributed by atoms with Crippen LogP contribution in [-0.4, -0.2) is 27.5 Å². The second kappa shape index (κ2) is 7.18. The van der Waals surface area contributed by atoms with Gasteiger partial charge >= 0.3 is 11.9 Å². The largest absolute Gasteiger partial charge is 0.425 e. The van der Waals surface area contributed by atoms with E-state index in [0.29, 0.717) is 4.57 Å². The van der Waals surface area contributed by atoms with Crippen LogP contribution in [0.25, 0.3) is 5.69 Å². The molecule has 0 aliphatic carbocycles. The lowest BCUT2D eigenvalue weighted by Crippen LogP contribution is -2.62. The molecule has 32 heavy (non-hydrogen) atoms. The van der Waals surface area contributed by atoms with E-state index < -0.39 is 52.0 Å². The van der Waals surface area contributed by atoms with E-state index in [1.54, 1.807) is 16.4 Å². The van der Waals surface area contributed by atoms with Crippen molar-refractivity contribution < 1.29 is 27.2 Å². The monoisotopic (exact) mass is 448 g/mol. The molecule has 1 aromatic heterocycles. The number of H-pyrrole nitrogens is 1. The number of fused-ring (bicyclic) bond motifs is 1. The third kappa shape index (κ3) is 3.07. The Kier molecular flexibility index (Phi) is 4.72. The first kappa shape index (κ1) is 21.0. The van der Waals surface area contributed by atoms with Crippen LogP contribution in [0, 0.1) is 5.82 Å². The standard InChI is InChI=1S/C20H12F4N4O4/c21-11-8-6-10(7-9-11)15(29)27-19(20(22,23)24)13-14(25-17(19)31)28(18(32)26-16(13)30)12-4-2-1-3-5-12/h1-9H,(H,25,31)(H,27,29)(H,26,30,32). The first-order valence-electron chi connectivity index (χ1n) is 8.98. The lowest BCUT2D eigenvalue weighted by molar-refractivity contribution is -0.196. The number of anilines is 1. The number of aromatic nitrogens is 2. The Morgan fingerprint density at radius 3 is 2.19 bits per heavy atom. The predicted octanol–water partition coefficient (Wildman–Crippen LogP) is 1.80. The molecule has 4 rings (SSSR count). The highest BCUT2D eigenvalue weighted by atomic mass is 19.4. The molecule has 1 atom stereocenters. The summed E-state index contributed by atoms with van der Waals surface area (Å²) in [4.78, 5) is 51.9. The van der Waals surface area contributed by atoms with Gasteiger partial charge in [0.2, 0.25) is 0 Å². The molecule has 12 heteroatoms. The van der Waals surface area contributed by atoms with E-state index in [1.165, 1.54) is 24.3 Å². The maximum atomic E-state index is 14.3. The first-order valence-corrected chi connectivity index (χ1v) is 8.98. The van der Waals surface area contributed by atoms with E-state index in [9.17, 15) is 36.7 Å². The van der Waals surface area contributed by atoms with Gasteiger partial charge in [-0.1, -0.05) is 18.2 Å². The van der Waals surface area contributed by atoms with Crippen molar-refractivity contribution in [1.82, 2.24) is 14.9 Å². The van der Waals surface area contributed by atoms with Crippen molar-refractivity contribution in [2.75, 3.05) is 5.32 Å². The molecule has 0 fully saturated rings. The van der Waals surface area contributed by atoms with Crippen molar-refractivity contribution in [3.63, 3.8) is 0 Å². The Balaban J connectivity index is 1.96. The molecule has 0 bridgehead atoms. The van der Waals surface area contributed by atoms with Crippen molar-refractivity contribution in [2.45, 2.75) is 11.7 Å². The summed E-state index contributed by atoms with van der Waals surface area (Å²) < 4.78 is 56.8. The number of para-hydroxylation sites is 1. The van der Waals surface area contributed by atoms with Crippen LogP contribution in [0.3, 0.4) is 0 Å². The molecular formula is C20H12F4N4O4. The Morgan fingerprint density at radius 1 is 0.969 bits per heavy atom. The van der Waals surface area contributed by atoms with Crippen molar-refractivity contribution in [3.05, 3.63) is 92.4 Å². The van der Waals surface area contributed by atoms with Gasteiger partial charge in [-0.25, -0.2) is 13.8 Å². The van der Waals surface area contributed by atoms with Crippen LogP contribution in [0.1, 0.15) is 15.9 Å². The number of nitrogens with one attached hydrogen (secondary N) is 3. The van der Waals surface area contributed by atoms with Crippen LogP contribution in [0.15, 0.2) is 64.2 Å². The summed E-state index contributed by atoms with van der Waals surface area (Å²) in [5.74, 6) is -4.63. The van der Waals surface area contributed by atoms with Crippen molar-refractivity contribution in [2.24, 2.45) is 0 Å². The molecule has 1 unspecified atom stereocenters. The van der Waals surface area contributed by atoms with Crippen LogP contribution < -0.4 is 21.9 Å². The molecule has 2 heterocycles. The zero-order chi connectivity index (χ0) is 23.3. The van der Waals surface area contributed by atoms with Gasteiger partial charge in [0.05, 0.1) is 5.69 Å². The lowest BCUT2D eigenvalue weighted by atomic mass is 9.91. The minimum Gasteiger partial charge on any atom is -0.326 e. The number of benzene rings is 2. The third-order valence-corrected chi connectivity index (χ3v) is 4.91. The summed E-state index contributed by atoms with van der Waals surface area (Å²) in [5, 5.41) is 3.50. The fourth-order valence-corrected chi connectivity index (χ4v) is 3.45. The summed E-state index contributed by atoms with van der Waals surface area (Å²) in [6.45, 7) is 0. The molecular weight excluding hydrogens is 436 g/mol. The number of amides is 2. The van der Waals surface area contributed by atoms with Crippen molar-refractivity contribution >= 4 is 17.6 Å². The molecule has 1 aliphatic heterocycles. The maximum absolute atomic E-state index is 14.3. The number of alkyl halides is 3. The average Bonchev–Trinajstić information content (AvgIpc) is 3.02. The molecule has 0 radical (unpaired) electrons. The van der Waals surface area contributed by atoms with Crippen LogP contribution in [-0.2, 0) is 10.3 Å². The van der Waals surface area contributed by atoms with Gasteiger partial charge in [0.15, 0.2) is 0 Å². The van der Waals surface area contributed by atoms with Crippen LogP contribution >= 0.6 is 0 Å². The van der Waals surface area contributed by atoms with Gasteiger partial charge in [-0.2, -0.15) is 13.2 Å². The number of aromatic amines is 1. The van der Waals surface area contributed by atoms with E-state index in [-0.39, 0.29) is 11.3 Å². The molecule has 2 amide bonds. The SMILES string of the molecule is O=C(NC1(C(F)(F)F)C(=O)Nc2c1c(=O)[nH]c(=O)n2-c1ccccc1)c1ccc(F)cc1. The molecule has 3 aromatic rings. The van der Waals surface area contributed by atoms with E-state index in [0.717, 1.165) is 24.3 Å². The molecule has 1 aliphatic rings. The number of rotatable bonds is 3. The van der Waals surface area contributed by atoms with Gasteiger partial charge in [0.25, 0.3) is 22.9 Å². The molecule has 0 spiro atoms. The molecule has 0 saturated heterocycles. The fraction of sp³-hybridized carbons (Fsp3) is 0.100. The number of halogens is 4. The van der Waals surface area contributed by atoms with Crippen molar-refractivity contribution in [1.29, 1.82) is 0 Å². The van der Waals surface area contributed by atoms with E-state index in [2.05, 4.69) is 0 Å². The summed E-state index contributed by atoms with van der Waals surface area (Å²) in [6.07, 6.45) is -5.48. The van der Waals surface area contributed by atoms with Gasteiger partial charge in [-0.05, 0) is 36.4 Å². The molecule has 164 valence electrons. The third-order valence-electron chi connectivity index (χ3n) is 4.91. The average molecular weight is 448 g/mol. The molecule has 0 saturated carbocycles. The summed E-state index contributed by atoms with van der Waals surface area (Å²) in [7, 11) is 0. The Labute approximate surface area is 175 Å². The number of carbonyl (C=O) groups is 2. The minimum absolute atomic E-state index is 0.0631. The van der Waals surface area contributed by atoms with E-state index >= 15 is 0 Å². The van der Waals surface area contributed by atoms with Crippen LogP contribution in [0.4, 0.5) is 23.4 Å². The number of hydrogen-bond donors (Lipinski definition) is 3. The maximum Gasteiger partial charge on any atom is 0.425 e. The lowest BCUT2D eigenvalue weighted by Gasteiger charge is -2.30. The second-order valence-corrected chi connectivity index (χ2v) is 6.82. The Morgan fingerprint density at radius 2 is 1.59 bits per heavy atom. The summed E-state index contributed by atoms with van der Waals surface area (Å²) in [5.41, 5.74) is -7.92. The van der Waals surface area contributed by atoms with E-state index in [1.807, 2.05) is 5.32 Å². The summed E-state index contributed by atoms with van der Waals surface area (Å²) in [6, 6.07) is 10.8. The van der Waals surface area contributed by atoms with Gasteiger partial charge in [-0.3, -0.25) is 19.4 Å². The highest BCUT2D eigenvalue weighted by Crippen LogP contribution is 2.45. The highest BCUT2D eigenvalue weighted by molar-refractivity contribution is 6.09. The van der Waals surface area contributed by atoms with Gasteiger partial charge in [0, 0.05) is 5.56 Å². The fourth-order valence-electron chi connectivity index (χ4n) is 3.45. The number of hydrogen-bond acceptors (Lipinski definition) is 4. The number of nitrogens with zero attached hydrogens (tertiary/aromatic N) is 1. The van der Waals surface area contributed by atoms with Crippen molar-refractivity contribution in [3.8, 4) is 5.69 Å². The first-order chi connectivity index (χ1) is 15.1. The quantitative estimate of drug-likeness (QED) is 0.531. The molecule has 3 N–H and O–H groups in total. The topological polar surface area (TPSA) is 113 Å². The van der Waals surface area contributed by atoms with E-state index in [4.69, 9.17) is 0 Å². The zero-order valence-corrected chi connectivity index (χ0v) is 15.8. The second-order valence-electron chi connectivity index (χ2n) is 6.82. The zero-order valence-electron chi connectivity index (χ0n) is 15.8. The van der Waals surface area contributed by atoms with Crippen LogP contribution in [0.2, 0.25) is 0 Å². The molecule has 8 nitrogen and oxygen atoms in total. The highest BCUT2D eigenvalue weighted by Gasteiger charge is 2.68. The normalized spacial score (nSPS) is 17.6. The smallest absolute Gasteiger partial charge is 0.326 e. The minimum atomic E-state index is -5.48. The summed E-state index contributed by atoms with van der Waals surface area (Å²) >= 11 is 0. The number of carbonyl (C=O) groups excluding carboxylic acids is 2.